The molecule has 0 rings (SSSR count). The number of nitrogens with one attached hydrogen (secondary N) is 3. The Labute approximate surface area is 167 Å². The van der Waals surface area contributed by atoms with Gasteiger partial charge in [-0.15, -0.1) is 0 Å². The van der Waals surface area contributed by atoms with Crippen LogP contribution in [0.2, 0.25) is 0 Å². The molecule has 0 fully saturated rings. The van der Waals surface area contributed by atoms with Gasteiger partial charge in [-0.2, -0.15) is 11.8 Å². The van der Waals surface area contributed by atoms with Gasteiger partial charge in [-0.05, 0) is 24.3 Å². The van der Waals surface area contributed by atoms with E-state index >= 15 is 0 Å². The molecule has 0 aliphatic heterocycles. The topological polar surface area (TPSA) is 188 Å². The van der Waals surface area contributed by atoms with Crippen LogP contribution in [-0.4, -0.2) is 76.6 Å². The average molecular weight is 420 g/mol. The van der Waals surface area contributed by atoms with E-state index < -0.39 is 60.8 Å². The first-order chi connectivity index (χ1) is 13.0. The van der Waals surface area contributed by atoms with E-state index in [1.165, 1.54) is 11.8 Å². The Bertz CT molecular complexity index is 585. The van der Waals surface area contributed by atoms with Gasteiger partial charge in [-0.1, -0.05) is 13.8 Å². The summed E-state index contributed by atoms with van der Waals surface area (Å²) in [4.78, 5) is 58.4. The smallest absolute Gasteiger partial charge is 0.322 e. The zero-order chi connectivity index (χ0) is 21.9. The molecule has 0 spiro atoms. The SMILES string of the molecule is CSCCC(NC(=O)C(CC(=O)O)NC(=O)C(N)C(C)C)C(=O)NCC(=O)O. The Balaban J connectivity index is 5.22. The van der Waals surface area contributed by atoms with Crippen molar-refractivity contribution in [3.63, 3.8) is 0 Å². The molecule has 7 N–H and O–H groups in total. The fraction of sp³-hybridized carbons (Fsp3) is 0.688. The first kappa shape index (κ1) is 25.7. The Morgan fingerprint density at radius 3 is 1.96 bits per heavy atom. The minimum absolute atomic E-state index is 0.192. The summed E-state index contributed by atoms with van der Waals surface area (Å²) in [5.74, 6) is -4.60. The van der Waals surface area contributed by atoms with Crippen molar-refractivity contribution in [1.82, 2.24) is 16.0 Å². The second kappa shape index (κ2) is 12.9. The Morgan fingerprint density at radius 2 is 1.50 bits per heavy atom. The van der Waals surface area contributed by atoms with Crippen LogP contribution in [0.1, 0.15) is 26.7 Å². The van der Waals surface area contributed by atoms with Gasteiger partial charge >= 0.3 is 11.9 Å². The third kappa shape index (κ3) is 10.1. The van der Waals surface area contributed by atoms with Crippen molar-refractivity contribution in [1.29, 1.82) is 0 Å². The second-order valence-corrected chi connectivity index (χ2v) is 7.37. The largest absolute Gasteiger partial charge is 0.481 e. The van der Waals surface area contributed by atoms with Gasteiger partial charge in [0.2, 0.25) is 17.7 Å². The van der Waals surface area contributed by atoms with Crippen LogP contribution in [0.3, 0.4) is 0 Å². The molecule has 0 aliphatic rings. The summed E-state index contributed by atoms with van der Waals surface area (Å²) in [6, 6.07) is -3.44. The van der Waals surface area contributed by atoms with Crippen molar-refractivity contribution >= 4 is 41.4 Å². The van der Waals surface area contributed by atoms with Crippen molar-refractivity contribution in [2.45, 2.75) is 44.8 Å². The number of carboxylic acids is 2. The average Bonchev–Trinajstić information content (AvgIpc) is 2.60. The lowest BCUT2D eigenvalue weighted by molar-refractivity contribution is -0.141. The van der Waals surface area contributed by atoms with Crippen molar-refractivity contribution < 1.29 is 34.2 Å². The highest BCUT2D eigenvalue weighted by atomic mass is 32.2. The van der Waals surface area contributed by atoms with Crippen LogP contribution in [0.4, 0.5) is 0 Å². The summed E-state index contributed by atoms with van der Waals surface area (Å²) >= 11 is 1.41. The highest BCUT2D eigenvalue weighted by Gasteiger charge is 2.30. The molecule has 3 atom stereocenters. The van der Waals surface area contributed by atoms with Crippen molar-refractivity contribution in [2.75, 3.05) is 18.6 Å². The molecule has 0 aliphatic carbocycles. The fourth-order valence-electron chi connectivity index (χ4n) is 2.02. The summed E-state index contributed by atoms with van der Waals surface area (Å²) in [6.07, 6.45) is 1.28. The molecule has 12 heteroatoms. The number of rotatable bonds is 13. The van der Waals surface area contributed by atoms with Crippen LogP contribution in [0, 0.1) is 5.92 Å². The fourth-order valence-corrected chi connectivity index (χ4v) is 2.49. The highest BCUT2D eigenvalue weighted by Crippen LogP contribution is 2.04. The maximum absolute atomic E-state index is 12.5. The highest BCUT2D eigenvalue weighted by molar-refractivity contribution is 7.98. The molecule has 0 aromatic carbocycles. The summed E-state index contributed by atoms with van der Waals surface area (Å²) in [6.45, 7) is 2.77. The third-order valence-corrected chi connectivity index (χ3v) is 4.33. The Morgan fingerprint density at radius 1 is 0.929 bits per heavy atom. The normalized spacial score (nSPS) is 13.9. The molecule has 0 bridgehead atoms. The van der Waals surface area contributed by atoms with Crippen molar-refractivity contribution in [2.24, 2.45) is 11.7 Å². The number of carboxylic acid groups (broad SMARTS) is 2. The molecule has 160 valence electrons. The summed E-state index contributed by atoms with van der Waals surface area (Å²) < 4.78 is 0. The van der Waals surface area contributed by atoms with E-state index in [0.29, 0.717) is 5.75 Å². The standard InChI is InChI=1S/C16H28N4O7S/c1-8(2)13(17)16(27)20-10(6-11(21)22)15(26)19-9(4-5-28-3)14(25)18-7-12(23)24/h8-10,13H,4-7,17H2,1-3H3,(H,18,25)(H,19,26)(H,20,27)(H,21,22)(H,23,24). The van der Waals surface area contributed by atoms with E-state index in [9.17, 15) is 24.0 Å². The van der Waals surface area contributed by atoms with Crippen LogP contribution in [0.5, 0.6) is 0 Å². The number of thioether (sulfide) groups is 1. The van der Waals surface area contributed by atoms with E-state index in [1.807, 2.05) is 0 Å². The monoisotopic (exact) mass is 420 g/mol. The molecule has 0 aromatic heterocycles. The van der Waals surface area contributed by atoms with Crippen LogP contribution in [0.25, 0.3) is 0 Å². The van der Waals surface area contributed by atoms with Gasteiger partial charge in [-0.25, -0.2) is 0 Å². The second-order valence-electron chi connectivity index (χ2n) is 6.38. The van der Waals surface area contributed by atoms with Gasteiger partial charge in [0.15, 0.2) is 0 Å². The Hall–Kier alpha value is -2.34. The van der Waals surface area contributed by atoms with Gasteiger partial charge in [-0.3, -0.25) is 24.0 Å². The van der Waals surface area contributed by atoms with E-state index in [0.717, 1.165) is 0 Å². The van der Waals surface area contributed by atoms with Gasteiger partial charge < -0.3 is 31.9 Å². The molecule has 0 heterocycles. The van der Waals surface area contributed by atoms with Gasteiger partial charge in [0.05, 0.1) is 12.5 Å². The summed E-state index contributed by atoms with van der Waals surface area (Å²) in [7, 11) is 0. The minimum Gasteiger partial charge on any atom is -0.481 e. The molecule has 0 saturated carbocycles. The number of amides is 3. The predicted octanol–water partition coefficient (Wildman–Crippen LogP) is -1.63. The third-order valence-electron chi connectivity index (χ3n) is 3.69. The predicted molar refractivity (Wildman–Crippen MR) is 103 cm³/mol. The van der Waals surface area contributed by atoms with Crippen LogP contribution < -0.4 is 21.7 Å². The molecule has 3 unspecified atom stereocenters. The van der Waals surface area contributed by atoms with Crippen molar-refractivity contribution in [3.05, 3.63) is 0 Å². The quantitative estimate of drug-likeness (QED) is 0.203. The number of aliphatic carboxylic acids is 2. The van der Waals surface area contributed by atoms with E-state index in [1.54, 1.807) is 20.1 Å². The molecule has 0 saturated heterocycles. The van der Waals surface area contributed by atoms with Crippen LogP contribution >= 0.6 is 11.8 Å². The summed E-state index contributed by atoms with van der Waals surface area (Å²) in [5.41, 5.74) is 5.71. The molecular formula is C16H28N4O7S. The molecule has 3 amide bonds. The number of carbonyl (C=O) groups excluding carboxylic acids is 3. The zero-order valence-electron chi connectivity index (χ0n) is 16.1. The molecule has 0 aromatic rings. The lowest BCUT2D eigenvalue weighted by Gasteiger charge is -2.24. The van der Waals surface area contributed by atoms with Crippen LogP contribution in [-0.2, 0) is 24.0 Å². The molecule has 28 heavy (non-hydrogen) atoms. The molecule has 0 radical (unpaired) electrons. The summed E-state index contributed by atoms with van der Waals surface area (Å²) in [5, 5.41) is 24.5. The lowest BCUT2D eigenvalue weighted by Crippen LogP contribution is -2.57. The maximum Gasteiger partial charge on any atom is 0.322 e. The van der Waals surface area contributed by atoms with Gasteiger partial charge in [0.1, 0.15) is 18.6 Å². The first-order valence-corrected chi connectivity index (χ1v) is 9.95. The van der Waals surface area contributed by atoms with E-state index in [4.69, 9.17) is 15.9 Å². The zero-order valence-corrected chi connectivity index (χ0v) is 16.9. The Kier molecular flexibility index (Phi) is 11.9. The maximum atomic E-state index is 12.5. The number of carbonyl (C=O) groups is 5. The lowest BCUT2D eigenvalue weighted by atomic mass is 10.0. The number of hydrogen-bond acceptors (Lipinski definition) is 7. The van der Waals surface area contributed by atoms with E-state index in [-0.39, 0.29) is 12.3 Å². The molecular weight excluding hydrogens is 392 g/mol. The number of hydrogen-bond donors (Lipinski definition) is 6. The number of nitrogens with two attached hydrogens (primary N) is 1. The van der Waals surface area contributed by atoms with Gasteiger partial charge in [0.25, 0.3) is 0 Å². The van der Waals surface area contributed by atoms with Gasteiger partial charge in [0, 0.05) is 0 Å². The molecule has 11 nitrogen and oxygen atoms in total. The van der Waals surface area contributed by atoms with Crippen LogP contribution in [0.15, 0.2) is 0 Å². The minimum atomic E-state index is -1.43. The first-order valence-electron chi connectivity index (χ1n) is 8.56. The van der Waals surface area contributed by atoms with E-state index in [2.05, 4.69) is 16.0 Å². The van der Waals surface area contributed by atoms with Crippen molar-refractivity contribution in [3.8, 4) is 0 Å².